The summed E-state index contributed by atoms with van der Waals surface area (Å²) in [5, 5.41) is 3.10. The van der Waals surface area contributed by atoms with Gasteiger partial charge in [-0.3, -0.25) is 9.59 Å². The summed E-state index contributed by atoms with van der Waals surface area (Å²) < 4.78 is 2.09. The number of aryl methyl sites for hydroxylation is 2. The van der Waals surface area contributed by atoms with Crippen LogP contribution in [0.2, 0.25) is 0 Å². The topological polar surface area (TPSA) is 67.2 Å². The van der Waals surface area contributed by atoms with Crippen molar-refractivity contribution in [3.8, 4) is 16.9 Å². The van der Waals surface area contributed by atoms with Gasteiger partial charge in [0.1, 0.15) is 5.82 Å². The Morgan fingerprint density at radius 1 is 0.881 bits per heavy atom. The first kappa shape index (κ1) is 27.5. The minimum Gasteiger partial charge on any atom is -0.322 e. The summed E-state index contributed by atoms with van der Waals surface area (Å²) in [6.45, 7) is 4.71. The smallest absolute Gasteiger partial charge is 0.256 e. The van der Waals surface area contributed by atoms with Crippen molar-refractivity contribution in [3.05, 3.63) is 125 Å². The number of hydrogen-bond acceptors (Lipinski definition) is 4. The van der Waals surface area contributed by atoms with Gasteiger partial charge < -0.3 is 14.8 Å². The van der Waals surface area contributed by atoms with Gasteiger partial charge in [-0.2, -0.15) is 0 Å². The lowest BCUT2D eigenvalue weighted by molar-refractivity contribution is -0.117. The largest absolute Gasteiger partial charge is 0.322 e. The number of carbonyl (C=O) groups is 2. The van der Waals surface area contributed by atoms with Crippen molar-refractivity contribution in [3.63, 3.8) is 0 Å². The van der Waals surface area contributed by atoms with E-state index in [1.165, 1.54) is 0 Å². The molecule has 0 saturated carbocycles. The fraction of sp³-hybridized carbons (Fsp3) is 0.171. The van der Waals surface area contributed by atoms with Gasteiger partial charge in [0.15, 0.2) is 0 Å². The van der Waals surface area contributed by atoms with Gasteiger partial charge in [0.05, 0.1) is 12.1 Å². The van der Waals surface area contributed by atoms with Gasteiger partial charge in [-0.1, -0.05) is 42.5 Å². The highest BCUT2D eigenvalue weighted by Gasteiger charge is 2.26. The Morgan fingerprint density at radius 3 is 2.43 bits per heavy atom. The van der Waals surface area contributed by atoms with Gasteiger partial charge in [-0.15, -0.1) is 11.8 Å². The normalized spacial score (nSPS) is 12.3. The predicted molar refractivity (Wildman–Crippen MR) is 171 cm³/mol. The molecule has 7 heteroatoms. The summed E-state index contributed by atoms with van der Waals surface area (Å²) >= 11 is 1.61. The lowest BCUT2D eigenvalue weighted by atomic mass is 9.99. The molecule has 1 N–H and O–H groups in total. The number of carbonyl (C=O) groups excluding carboxylic acids is 2. The average Bonchev–Trinajstić information content (AvgIpc) is 3.59. The number of thioether (sulfide) groups is 1. The van der Waals surface area contributed by atoms with E-state index in [-0.39, 0.29) is 18.2 Å². The van der Waals surface area contributed by atoms with Gasteiger partial charge in [0.2, 0.25) is 5.91 Å². The van der Waals surface area contributed by atoms with Crippen LogP contribution in [0.3, 0.4) is 0 Å². The fourth-order valence-electron chi connectivity index (χ4n) is 5.61. The molecule has 3 aromatic carbocycles. The van der Waals surface area contributed by atoms with Gasteiger partial charge in [-0.05, 0) is 97.8 Å². The molecule has 0 fully saturated rings. The van der Waals surface area contributed by atoms with Crippen LogP contribution in [0, 0.1) is 13.8 Å². The summed E-state index contributed by atoms with van der Waals surface area (Å²) in [5.41, 5.74) is 8.12. The maximum Gasteiger partial charge on any atom is 0.256 e. The third kappa shape index (κ3) is 5.48. The van der Waals surface area contributed by atoms with Crippen molar-refractivity contribution in [2.45, 2.75) is 31.6 Å². The van der Waals surface area contributed by atoms with Gasteiger partial charge in [0.25, 0.3) is 5.91 Å². The summed E-state index contributed by atoms with van der Waals surface area (Å²) in [4.78, 5) is 34.6. The average molecular weight is 573 g/mol. The summed E-state index contributed by atoms with van der Waals surface area (Å²) in [5.74, 6) is 0.674. The Kier molecular flexibility index (Phi) is 7.68. The third-order valence-electron chi connectivity index (χ3n) is 7.71. The number of rotatable bonds is 7. The summed E-state index contributed by atoms with van der Waals surface area (Å²) in [6, 6.07) is 31.7. The summed E-state index contributed by atoms with van der Waals surface area (Å²) in [7, 11) is 0. The molecule has 1 aliphatic heterocycles. The van der Waals surface area contributed by atoms with Gasteiger partial charge in [-0.25, -0.2) is 4.98 Å². The SMILES string of the molecule is CSc1ccc(-c2ccccc2)c(C(=O)Nc2ccc3c(c2)CCN3C(=O)Cc2cccc(-n3c(C)ccc3C)n2)c1. The van der Waals surface area contributed by atoms with Crippen LogP contribution in [-0.2, 0) is 17.6 Å². The monoisotopic (exact) mass is 572 g/mol. The number of hydrogen-bond donors (Lipinski definition) is 1. The standard InChI is InChI=1S/C35H32N4O2S/c1-23-12-13-24(2)39(23)33-11-7-10-27(36-33)21-34(40)38-19-18-26-20-28(14-17-32(26)38)37-35(41)31-22-29(42-3)15-16-30(31)25-8-5-4-6-9-25/h4-17,20,22H,18-19,21H2,1-3H3,(H,37,41). The predicted octanol–water partition coefficient (Wildman–Crippen LogP) is 7.26. The first-order chi connectivity index (χ1) is 20.4. The second kappa shape index (κ2) is 11.7. The number of benzene rings is 3. The lowest BCUT2D eigenvalue weighted by Gasteiger charge is -2.18. The molecule has 6 rings (SSSR count). The highest BCUT2D eigenvalue weighted by atomic mass is 32.2. The van der Waals surface area contributed by atoms with Crippen LogP contribution in [0.4, 0.5) is 11.4 Å². The van der Waals surface area contributed by atoms with Crippen LogP contribution < -0.4 is 10.2 Å². The molecule has 210 valence electrons. The highest BCUT2D eigenvalue weighted by molar-refractivity contribution is 7.98. The molecule has 0 spiro atoms. The number of nitrogens with one attached hydrogen (secondary N) is 1. The van der Waals surface area contributed by atoms with E-state index in [4.69, 9.17) is 4.98 Å². The number of amides is 2. The Labute approximate surface area is 250 Å². The van der Waals surface area contributed by atoms with Crippen LogP contribution in [-0.4, -0.2) is 34.2 Å². The molecule has 2 amide bonds. The van der Waals surface area contributed by atoms with Crippen molar-refractivity contribution in [1.29, 1.82) is 0 Å². The molecular weight excluding hydrogens is 540 g/mol. The van der Waals surface area contributed by atoms with Crippen LogP contribution in [0.15, 0.2) is 102 Å². The minimum atomic E-state index is -0.158. The Hall–Kier alpha value is -4.62. The lowest BCUT2D eigenvalue weighted by Crippen LogP contribution is -2.30. The molecular formula is C35H32N4O2S. The minimum absolute atomic E-state index is 0.0116. The zero-order valence-electron chi connectivity index (χ0n) is 23.9. The molecule has 42 heavy (non-hydrogen) atoms. The number of fused-ring (bicyclic) bond motifs is 1. The first-order valence-electron chi connectivity index (χ1n) is 14.0. The van der Waals surface area contributed by atoms with Crippen molar-refractivity contribution >= 4 is 35.0 Å². The molecule has 2 aromatic heterocycles. The highest BCUT2D eigenvalue weighted by Crippen LogP contribution is 2.33. The number of nitrogens with zero attached hydrogens (tertiary/aromatic N) is 3. The van der Waals surface area contributed by atoms with Crippen LogP contribution in [0.25, 0.3) is 16.9 Å². The molecule has 5 aromatic rings. The molecule has 6 nitrogen and oxygen atoms in total. The zero-order chi connectivity index (χ0) is 29.2. The molecule has 0 bridgehead atoms. The van der Waals surface area contributed by atoms with E-state index in [9.17, 15) is 9.59 Å². The molecule has 3 heterocycles. The van der Waals surface area contributed by atoms with Crippen LogP contribution in [0.5, 0.6) is 0 Å². The molecule has 0 aliphatic carbocycles. The molecule has 0 radical (unpaired) electrons. The van der Waals surface area contributed by atoms with E-state index in [0.29, 0.717) is 17.8 Å². The zero-order valence-corrected chi connectivity index (χ0v) is 24.7. The number of pyridine rings is 1. The van der Waals surface area contributed by atoms with Gasteiger partial charge in [0, 0.05) is 39.8 Å². The van der Waals surface area contributed by atoms with E-state index in [1.807, 2.05) is 110 Å². The van der Waals surface area contributed by atoms with Crippen LogP contribution >= 0.6 is 11.8 Å². The maximum absolute atomic E-state index is 13.5. The number of aromatic nitrogens is 2. The van der Waals surface area contributed by atoms with E-state index < -0.39 is 0 Å². The molecule has 0 saturated heterocycles. The second-order valence-electron chi connectivity index (χ2n) is 10.5. The van der Waals surface area contributed by atoms with Gasteiger partial charge >= 0.3 is 0 Å². The van der Waals surface area contributed by atoms with E-state index in [2.05, 4.69) is 22.0 Å². The fourth-order valence-corrected chi connectivity index (χ4v) is 6.05. The van der Waals surface area contributed by atoms with Crippen LogP contribution in [0.1, 0.15) is 33.0 Å². The van der Waals surface area contributed by atoms with E-state index in [0.717, 1.165) is 56.6 Å². The Morgan fingerprint density at radius 2 is 1.67 bits per heavy atom. The van der Waals surface area contributed by atoms with E-state index in [1.54, 1.807) is 11.8 Å². The third-order valence-corrected chi connectivity index (χ3v) is 8.44. The van der Waals surface area contributed by atoms with Crippen molar-refractivity contribution < 1.29 is 9.59 Å². The van der Waals surface area contributed by atoms with E-state index >= 15 is 0 Å². The Balaban J connectivity index is 1.19. The first-order valence-corrected chi connectivity index (χ1v) is 15.2. The van der Waals surface area contributed by atoms with Crippen molar-refractivity contribution in [2.24, 2.45) is 0 Å². The summed E-state index contributed by atoms with van der Waals surface area (Å²) in [6.07, 6.45) is 2.96. The molecule has 0 unspecified atom stereocenters. The number of anilines is 2. The van der Waals surface area contributed by atoms with Crippen molar-refractivity contribution in [1.82, 2.24) is 9.55 Å². The second-order valence-corrected chi connectivity index (χ2v) is 11.4. The van der Waals surface area contributed by atoms with Crippen molar-refractivity contribution in [2.75, 3.05) is 23.0 Å². The Bertz CT molecular complexity index is 1780. The molecule has 1 aliphatic rings. The quantitative estimate of drug-likeness (QED) is 0.209. The maximum atomic E-state index is 13.5. The molecule has 0 atom stereocenters.